The van der Waals surface area contributed by atoms with Gasteiger partial charge in [-0.2, -0.15) is 0 Å². The summed E-state index contributed by atoms with van der Waals surface area (Å²) in [6.45, 7) is 4.15. The minimum Gasteiger partial charge on any atom is -0.481 e. The van der Waals surface area contributed by atoms with Gasteiger partial charge in [-0.15, -0.1) is 0 Å². The average molecular weight is 545 g/mol. The summed E-state index contributed by atoms with van der Waals surface area (Å²) in [6, 6.07) is -4.51. The van der Waals surface area contributed by atoms with Gasteiger partial charge < -0.3 is 48.7 Å². The van der Waals surface area contributed by atoms with E-state index in [0.29, 0.717) is 32.2 Å². The van der Waals surface area contributed by atoms with Crippen LogP contribution in [-0.4, -0.2) is 83.1 Å². The van der Waals surface area contributed by atoms with Crippen molar-refractivity contribution in [2.24, 2.45) is 23.1 Å². The summed E-state index contributed by atoms with van der Waals surface area (Å²) >= 11 is 0. The molecule has 0 aliphatic carbocycles. The van der Waals surface area contributed by atoms with E-state index in [2.05, 4.69) is 21.3 Å². The lowest BCUT2D eigenvalue weighted by molar-refractivity contribution is -0.142. The van der Waals surface area contributed by atoms with Crippen molar-refractivity contribution in [2.45, 2.75) is 89.4 Å². The van der Waals surface area contributed by atoms with E-state index in [4.69, 9.17) is 27.7 Å². The number of nitrogens with two attached hydrogens (primary N) is 3. The molecule has 0 rings (SSSR count). The van der Waals surface area contributed by atoms with Gasteiger partial charge in [0.05, 0.1) is 6.04 Å². The molecule has 0 bridgehead atoms. The van der Waals surface area contributed by atoms with Gasteiger partial charge in [-0.25, -0.2) is 4.79 Å². The molecule has 0 saturated carbocycles. The molecule has 15 nitrogen and oxygen atoms in total. The van der Waals surface area contributed by atoms with Gasteiger partial charge in [0, 0.05) is 13.0 Å². The van der Waals surface area contributed by atoms with Crippen LogP contribution in [0.5, 0.6) is 0 Å². The summed E-state index contributed by atoms with van der Waals surface area (Å²) in [4.78, 5) is 61.2. The molecule has 0 aliphatic rings. The van der Waals surface area contributed by atoms with Crippen molar-refractivity contribution in [1.82, 2.24) is 21.3 Å². The highest BCUT2D eigenvalue weighted by atomic mass is 16.4. The van der Waals surface area contributed by atoms with E-state index in [0.717, 1.165) is 0 Å². The topological polar surface area (TPSA) is 276 Å². The number of carbonyl (C=O) groups is 5. The molecular formula is C23H44N8O7. The molecule has 0 saturated heterocycles. The summed E-state index contributed by atoms with van der Waals surface area (Å²) in [5, 5.41) is 35.7. The Morgan fingerprint density at radius 1 is 0.868 bits per heavy atom. The Morgan fingerprint density at radius 3 is 2.00 bits per heavy atom. The molecule has 5 atom stereocenters. The Hall–Kier alpha value is -3.46. The fourth-order valence-corrected chi connectivity index (χ4v) is 3.45. The summed E-state index contributed by atoms with van der Waals surface area (Å²) in [6.07, 6.45) is 1.69. The number of nitrogens with one attached hydrogen (secondary N) is 5. The number of guanidine groups is 1. The van der Waals surface area contributed by atoms with Crippen molar-refractivity contribution in [1.29, 1.82) is 5.41 Å². The summed E-state index contributed by atoms with van der Waals surface area (Å²) < 4.78 is 0. The van der Waals surface area contributed by atoms with E-state index in [1.807, 2.05) is 6.92 Å². The molecule has 218 valence electrons. The monoisotopic (exact) mass is 544 g/mol. The Kier molecular flexibility index (Phi) is 17.0. The third-order valence-corrected chi connectivity index (χ3v) is 5.98. The van der Waals surface area contributed by atoms with E-state index >= 15 is 0 Å². The summed E-state index contributed by atoms with van der Waals surface area (Å²) in [7, 11) is 0. The molecule has 3 amide bonds. The smallest absolute Gasteiger partial charge is 0.326 e. The number of amides is 3. The highest BCUT2D eigenvalue weighted by molar-refractivity contribution is 5.94. The van der Waals surface area contributed by atoms with Crippen LogP contribution in [0.25, 0.3) is 0 Å². The van der Waals surface area contributed by atoms with Gasteiger partial charge in [0.2, 0.25) is 17.7 Å². The second kappa shape index (κ2) is 18.7. The quantitative estimate of drug-likeness (QED) is 0.0461. The first kappa shape index (κ1) is 34.5. The SMILES string of the molecule is CC[C@H](C)[C@H](NC(=O)[C@@H](N)CCC(=O)O)C(=O)N[C@@H](CCCCN)C(=O)N[C@@H](CCCNC(=N)N)C(=O)O. The van der Waals surface area contributed by atoms with Gasteiger partial charge in [-0.1, -0.05) is 20.3 Å². The van der Waals surface area contributed by atoms with E-state index in [1.54, 1.807) is 6.92 Å². The first-order valence-corrected chi connectivity index (χ1v) is 12.7. The molecule has 0 aromatic carbocycles. The molecule has 15 heteroatoms. The first-order valence-electron chi connectivity index (χ1n) is 12.7. The lowest BCUT2D eigenvalue weighted by Gasteiger charge is -2.28. The highest BCUT2D eigenvalue weighted by Crippen LogP contribution is 2.11. The van der Waals surface area contributed by atoms with Crippen LogP contribution in [0.1, 0.15) is 65.2 Å². The first-order chi connectivity index (χ1) is 17.8. The lowest BCUT2D eigenvalue weighted by Crippen LogP contribution is -2.58. The zero-order valence-electron chi connectivity index (χ0n) is 22.1. The molecule has 0 spiro atoms. The normalized spacial score (nSPS) is 14.7. The van der Waals surface area contributed by atoms with Gasteiger partial charge in [-0.3, -0.25) is 24.6 Å². The molecular weight excluding hydrogens is 500 g/mol. The maximum Gasteiger partial charge on any atom is 0.326 e. The third kappa shape index (κ3) is 14.3. The molecule has 0 aromatic rings. The van der Waals surface area contributed by atoms with Gasteiger partial charge in [-0.05, 0) is 51.0 Å². The van der Waals surface area contributed by atoms with Crippen molar-refractivity contribution >= 4 is 35.6 Å². The van der Waals surface area contributed by atoms with E-state index in [1.165, 1.54) is 0 Å². The van der Waals surface area contributed by atoms with Crippen molar-refractivity contribution < 1.29 is 34.2 Å². The molecule has 0 heterocycles. The molecule has 0 unspecified atom stereocenters. The number of carboxylic acids is 2. The predicted molar refractivity (Wildman–Crippen MR) is 140 cm³/mol. The van der Waals surface area contributed by atoms with Crippen LogP contribution in [0.3, 0.4) is 0 Å². The van der Waals surface area contributed by atoms with Crippen molar-refractivity contribution in [3.63, 3.8) is 0 Å². The summed E-state index contributed by atoms with van der Waals surface area (Å²) in [5.74, 6) is -5.01. The minimum absolute atomic E-state index is 0.0601. The molecule has 0 aromatic heterocycles. The molecule has 0 aliphatic heterocycles. The van der Waals surface area contributed by atoms with Gasteiger partial charge in [0.15, 0.2) is 5.96 Å². The molecule has 0 fully saturated rings. The standard InChI is InChI=1S/C23H44N8O7/c1-3-13(2)18(31-19(34)14(25)9-10-17(32)33)21(36)29-15(7-4-5-11-24)20(35)30-16(22(37)38)8-6-12-28-23(26)27/h13-16,18H,3-12,24-25H2,1-2H3,(H,29,36)(H,30,35)(H,31,34)(H,32,33)(H,37,38)(H4,26,27,28)/t13-,14-,15-,16-,18-/m0/s1. The third-order valence-electron chi connectivity index (χ3n) is 5.98. The fraction of sp³-hybridized carbons (Fsp3) is 0.739. The Labute approximate surface area is 222 Å². The van der Waals surface area contributed by atoms with Gasteiger partial charge in [0.1, 0.15) is 18.1 Å². The van der Waals surface area contributed by atoms with Crippen LogP contribution < -0.4 is 38.5 Å². The molecule has 38 heavy (non-hydrogen) atoms. The van der Waals surface area contributed by atoms with Crippen LogP contribution in [0.4, 0.5) is 0 Å². The van der Waals surface area contributed by atoms with Crippen LogP contribution in [-0.2, 0) is 24.0 Å². The van der Waals surface area contributed by atoms with Crippen LogP contribution >= 0.6 is 0 Å². The number of unbranched alkanes of at least 4 members (excludes halogenated alkanes) is 1. The zero-order valence-corrected chi connectivity index (χ0v) is 22.1. The lowest BCUT2D eigenvalue weighted by atomic mass is 9.96. The number of hydrogen-bond donors (Lipinski definition) is 10. The Morgan fingerprint density at radius 2 is 1.47 bits per heavy atom. The van der Waals surface area contributed by atoms with Crippen LogP contribution in [0, 0.1) is 11.3 Å². The van der Waals surface area contributed by atoms with Crippen molar-refractivity contribution in [3.8, 4) is 0 Å². The molecule has 13 N–H and O–H groups in total. The van der Waals surface area contributed by atoms with Crippen molar-refractivity contribution in [2.75, 3.05) is 13.1 Å². The van der Waals surface area contributed by atoms with E-state index < -0.39 is 53.8 Å². The zero-order chi connectivity index (χ0) is 29.3. The Bertz CT molecular complexity index is 811. The second-order valence-corrected chi connectivity index (χ2v) is 9.14. The van der Waals surface area contributed by atoms with Gasteiger partial charge >= 0.3 is 11.9 Å². The fourth-order valence-electron chi connectivity index (χ4n) is 3.45. The van der Waals surface area contributed by atoms with Crippen LogP contribution in [0.15, 0.2) is 0 Å². The second-order valence-electron chi connectivity index (χ2n) is 9.14. The van der Waals surface area contributed by atoms with Gasteiger partial charge in [0.25, 0.3) is 0 Å². The van der Waals surface area contributed by atoms with Crippen LogP contribution in [0.2, 0.25) is 0 Å². The number of hydrogen-bond acceptors (Lipinski definition) is 8. The number of aliphatic carboxylic acids is 2. The van der Waals surface area contributed by atoms with E-state index in [9.17, 15) is 29.1 Å². The van der Waals surface area contributed by atoms with E-state index in [-0.39, 0.29) is 44.1 Å². The number of carboxylic acid groups (broad SMARTS) is 2. The average Bonchev–Trinajstić information content (AvgIpc) is 2.85. The number of rotatable bonds is 20. The largest absolute Gasteiger partial charge is 0.481 e. The Balaban J connectivity index is 5.50. The predicted octanol–water partition coefficient (Wildman–Crippen LogP) is -1.84. The maximum atomic E-state index is 13.2. The minimum atomic E-state index is -1.26. The van der Waals surface area contributed by atoms with Crippen molar-refractivity contribution in [3.05, 3.63) is 0 Å². The maximum absolute atomic E-state index is 13.2. The molecule has 0 radical (unpaired) electrons. The summed E-state index contributed by atoms with van der Waals surface area (Å²) in [5.41, 5.74) is 16.5. The number of carbonyl (C=O) groups excluding carboxylic acids is 3. The highest BCUT2D eigenvalue weighted by Gasteiger charge is 2.32.